The van der Waals surface area contributed by atoms with E-state index in [1.807, 2.05) is 38.1 Å². The first kappa shape index (κ1) is 31.7. The number of rotatable bonds is 7. The Labute approximate surface area is 262 Å². The highest BCUT2D eigenvalue weighted by Gasteiger charge is 2.54. The third-order valence-corrected chi connectivity index (χ3v) is 8.47. The number of fused-ring (bicyclic) bond motifs is 4. The second-order valence-electron chi connectivity index (χ2n) is 11.5. The molecule has 5 rings (SSSR count). The van der Waals surface area contributed by atoms with Crippen molar-refractivity contribution in [3.05, 3.63) is 63.3 Å². The van der Waals surface area contributed by atoms with Crippen molar-refractivity contribution in [3.63, 3.8) is 0 Å². The quantitative estimate of drug-likeness (QED) is 0.277. The molecule has 11 nitrogen and oxygen atoms in total. The van der Waals surface area contributed by atoms with Crippen LogP contribution in [0, 0.1) is 0 Å². The molecule has 1 N–H and O–H groups in total. The normalized spacial score (nSPS) is 24.5. The van der Waals surface area contributed by atoms with E-state index in [9.17, 15) is 19.2 Å². The highest BCUT2D eigenvalue weighted by molar-refractivity contribution is 9.10. The van der Waals surface area contributed by atoms with Crippen LogP contribution in [0.5, 0.6) is 5.75 Å². The van der Waals surface area contributed by atoms with Crippen LogP contribution in [0.4, 0.5) is 0 Å². The van der Waals surface area contributed by atoms with Gasteiger partial charge in [-0.2, -0.15) is 0 Å². The Morgan fingerprint density at radius 3 is 2.20 bits per heavy atom. The maximum Gasteiger partial charge on any atom is 0.303 e. The predicted octanol–water partition coefficient (Wildman–Crippen LogP) is 4.73. The van der Waals surface area contributed by atoms with Gasteiger partial charge in [-0.1, -0.05) is 35.8 Å². The number of carbonyl (C=O) groups is 4. The van der Waals surface area contributed by atoms with Crippen LogP contribution in [-0.2, 0) is 43.5 Å². The molecule has 2 unspecified atom stereocenters. The second kappa shape index (κ2) is 12.0. The molecule has 1 aliphatic heterocycles. The number of hydrogen-bond donors (Lipinski definition) is 1. The lowest BCUT2D eigenvalue weighted by atomic mass is 9.71. The molecule has 234 valence electrons. The monoisotopic (exact) mass is 671 g/mol. The molecule has 12 heteroatoms. The Hall–Kier alpha value is -3.74. The standard InChI is InChI=1S/C32H34BrNO10/c1-14(26-27(41-15(2)35)28(42-16(3)36)29(43-17(4)37)31(39-7)44-26)40-19-9-11-20-22(13-19)32(5,6)30-24(25(20)38)21-10-8-18(33)12-23(21)34-30/h8-14,26-29,31,34H,1-7H3/t14?,26-,27-,28?,29-,31+/m1/s1. The molecule has 0 spiro atoms. The molecule has 1 saturated heterocycles. The number of methoxy groups -OCH3 is 1. The SMILES string of the molecule is CO[C@H]1O[C@H](C(C)Oc2ccc3c(c2)C(C)(C)c2[nH]c4cc(Br)ccc4c2C3=O)[C@@H](OC(C)=O)C(OC(C)=O)[C@H]1OC(C)=O. The highest BCUT2D eigenvalue weighted by atomic mass is 79.9. The van der Waals surface area contributed by atoms with Crippen LogP contribution in [0.2, 0.25) is 0 Å². The molecule has 1 fully saturated rings. The molecule has 2 heterocycles. The lowest BCUT2D eigenvalue weighted by Gasteiger charge is -2.45. The minimum Gasteiger partial charge on any atom is -0.488 e. The van der Waals surface area contributed by atoms with Crippen molar-refractivity contribution in [2.75, 3.05) is 7.11 Å². The van der Waals surface area contributed by atoms with Crippen molar-refractivity contribution in [2.24, 2.45) is 0 Å². The topological polar surface area (TPSA) is 139 Å². The van der Waals surface area contributed by atoms with Gasteiger partial charge in [0.1, 0.15) is 18.0 Å². The summed E-state index contributed by atoms with van der Waals surface area (Å²) in [6.07, 6.45) is -6.62. The van der Waals surface area contributed by atoms with Crippen molar-refractivity contribution in [1.82, 2.24) is 4.98 Å². The smallest absolute Gasteiger partial charge is 0.303 e. The van der Waals surface area contributed by atoms with Crippen molar-refractivity contribution >= 4 is 50.5 Å². The zero-order valence-electron chi connectivity index (χ0n) is 25.4. The Bertz CT molecular complexity index is 1650. The summed E-state index contributed by atoms with van der Waals surface area (Å²) in [4.78, 5) is 53.3. The maximum atomic E-state index is 13.8. The largest absolute Gasteiger partial charge is 0.488 e. The molecule has 0 saturated carbocycles. The molecule has 44 heavy (non-hydrogen) atoms. The summed E-state index contributed by atoms with van der Waals surface area (Å²) in [5.74, 6) is -1.67. The minimum atomic E-state index is -1.24. The van der Waals surface area contributed by atoms with Gasteiger partial charge in [0.15, 0.2) is 30.4 Å². The molecule has 0 amide bonds. The van der Waals surface area contributed by atoms with Crippen LogP contribution in [0.25, 0.3) is 10.9 Å². The van der Waals surface area contributed by atoms with Gasteiger partial charge in [0.25, 0.3) is 0 Å². The van der Waals surface area contributed by atoms with Crippen molar-refractivity contribution < 1.29 is 47.6 Å². The van der Waals surface area contributed by atoms with E-state index in [4.69, 9.17) is 28.4 Å². The van der Waals surface area contributed by atoms with E-state index < -0.39 is 60.1 Å². The second-order valence-corrected chi connectivity index (χ2v) is 12.4. The Morgan fingerprint density at radius 1 is 0.932 bits per heavy atom. The van der Waals surface area contributed by atoms with Gasteiger partial charge in [0, 0.05) is 59.9 Å². The third kappa shape index (κ3) is 5.73. The summed E-state index contributed by atoms with van der Waals surface area (Å²) in [7, 11) is 1.35. The number of carbonyl (C=O) groups excluding carboxylic acids is 4. The molecule has 1 aromatic heterocycles. The Kier molecular flexibility index (Phi) is 8.63. The average Bonchev–Trinajstić information content (AvgIpc) is 3.33. The molecular formula is C32H34BrNO10. The van der Waals surface area contributed by atoms with E-state index in [1.54, 1.807) is 19.1 Å². The minimum absolute atomic E-state index is 0.0864. The first-order valence-electron chi connectivity index (χ1n) is 14.1. The molecular weight excluding hydrogens is 638 g/mol. The van der Waals surface area contributed by atoms with Gasteiger partial charge in [0.05, 0.1) is 5.56 Å². The zero-order chi connectivity index (χ0) is 32.1. The van der Waals surface area contributed by atoms with Crippen LogP contribution in [-0.4, -0.2) is 72.6 Å². The Balaban J connectivity index is 1.48. The summed E-state index contributed by atoms with van der Waals surface area (Å²) in [5.41, 5.74) is 3.08. The summed E-state index contributed by atoms with van der Waals surface area (Å²) >= 11 is 3.50. The number of aromatic amines is 1. The zero-order valence-corrected chi connectivity index (χ0v) is 27.0. The first-order chi connectivity index (χ1) is 20.7. The predicted molar refractivity (Wildman–Crippen MR) is 160 cm³/mol. The van der Waals surface area contributed by atoms with E-state index >= 15 is 0 Å². The van der Waals surface area contributed by atoms with Gasteiger partial charge in [-0.25, -0.2) is 0 Å². The molecule has 0 radical (unpaired) electrons. The number of nitrogens with one attached hydrogen (secondary N) is 1. The van der Waals surface area contributed by atoms with Gasteiger partial charge < -0.3 is 33.4 Å². The lowest BCUT2D eigenvalue weighted by molar-refractivity contribution is -0.307. The van der Waals surface area contributed by atoms with E-state index in [1.165, 1.54) is 27.9 Å². The van der Waals surface area contributed by atoms with Crippen LogP contribution in [0.1, 0.15) is 68.7 Å². The van der Waals surface area contributed by atoms with Crippen LogP contribution in [0.15, 0.2) is 40.9 Å². The molecule has 2 aromatic carbocycles. The fraction of sp³-hybridized carbons (Fsp3) is 0.438. The van der Waals surface area contributed by atoms with Crippen molar-refractivity contribution in [1.29, 1.82) is 0 Å². The van der Waals surface area contributed by atoms with Crippen LogP contribution >= 0.6 is 15.9 Å². The summed E-state index contributed by atoms with van der Waals surface area (Å²) in [6, 6.07) is 11.0. The van der Waals surface area contributed by atoms with E-state index in [0.29, 0.717) is 16.9 Å². The molecule has 2 aliphatic rings. The van der Waals surface area contributed by atoms with Crippen molar-refractivity contribution in [2.45, 2.75) is 83.8 Å². The molecule has 6 atom stereocenters. The number of aromatic nitrogens is 1. The van der Waals surface area contributed by atoms with Crippen LogP contribution < -0.4 is 4.74 Å². The fourth-order valence-electron chi connectivity index (χ4n) is 6.11. The van der Waals surface area contributed by atoms with Crippen molar-refractivity contribution in [3.8, 4) is 5.75 Å². The van der Waals surface area contributed by atoms with Gasteiger partial charge in [0.2, 0.25) is 0 Å². The first-order valence-corrected chi connectivity index (χ1v) is 14.9. The van der Waals surface area contributed by atoms with Gasteiger partial charge in [-0.05, 0) is 42.8 Å². The highest BCUT2D eigenvalue weighted by Crippen LogP contribution is 2.45. The van der Waals surface area contributed by atoms with Crippen LogP contribution in [0.3, 0.4) is 0 Å². The maximum absolute atomic E-state index is 13.8. The Morgan fingerprint density at radius 2 is 1.57 bits per heavy atom. The van der Waals surface area contributed by atoms with Gasteiger partial charge in [-0.3, -0.25) is 19.2 Å². The van der Waals surface area contributed by atoms with E-state index in [0.717, 1.165) is 26.6 Å². The number of esters is 3. The average molecular weight is 673 g/mol. The number of ether oxygens (including phenoxy) is 6. The fourth-order valence-corrected chi connectivity index (χ4v) is 6.47. The number of halogens is 1. The summed E-state index contributed by atoms with van der Waals surface area (Å²) in [5, 5.41) is 0.855. The van der Waals surface area contributed by atoms with E-state index in [-0.39, 0.29) is 5.78 Å². The number of benzene rings is 2. The summed E-state index contributed by atoms with van der Waals surface area (Å²) < 4.78 is 35.3. The summed E-state index contributed by atoms with van der Waals surface area (Å²) in [6.45, 7) is 9.37. The lowest BCUT2D eigenvalue weighted by Crippen LogP contribution is -2.64. The van der Waals surface area contributed by atoms with Gasteiger partial charge in [-0.15, -0.1) is 0 Å². The third-order valence-electron chi connectivity index (χ3n) is 7.98. The van der Waals surface area contributed by atoms with Gasteiger partial charge >= 0.3 is 17.9 Å². The molecule has 0 bridgehead atoms. The number of hydrogen-bond acceptors (Lipinski definition) is 10. The molecule has 3 aromatic rings. The van der Waals surface area contributed by atoms with E-state index in [2.05, 4.69) is 20.9 Å². The number of ketones is 1. The number of H-pyrrole nitrogens is 1. The molecule has 1 aliphatic carbocycles.